The maximum atomic E-state index is 10.9. The van der Waals surface area contributed by atoms with Crippen LogP contribution in [0.1, 0.15) is 10.5 Å². The molecule has 0 aliphatic rings. The lowest BCUT2D eigenvalue weighted by molar-refractivity contribution is 0.0690. The summed E-state index contributed by atoms with van der Waals surface area (Å²) in [5.41, 5.74) is -0.0857. The second-order valence-electron chi connectivity index (χ2n) is 3.16. The molecule has 1 aromatic carbocycles. The molecule has 0 saturated heterocycles. The van der Waals surface area contributed by atoms with Gasteiger partial charge in [-0.3, -0.25) is 0 Å². The normalized spacial score (nSPS) is 10.4. The first kappa shape index (κ1) is 10.7. The SMILES string of the molecule is COc1nc(C(=O)O)cc2c(Cl)cccc12. The van der Waals surface area contributed by atoms with E-state index in [0.717, 1.165) is 0 Å². The summed E-state index contributed by atoms with van der Waals surface area (Å²) in [7, 11) is 1.44. The molecule has 0 atom stereocenters. The van der Waals surface area contributed by atoms with Crippen molar-refractivity contribution in [2.24, 2.45) is 0 Å². The summed E-state index contributed by atoms with van der Waals surface area (Å²) in [5, 5.41) is 10.7. The summed E-state index contributed by atoms with van der Waals surface area (Å²) >= 11 is 5.99. The predicted octanol–water partition coefficient (Wildman–Crippen LogP) is 2.60. The maximum Gasteiger partial charge on any atom is 0.354 e. The molecule has 0 bridgehead atoms. The van der Waals surface area contributed by atoms with Gasteiger partial charge in [-0.25, -0.2) is 9.78 Å². The molecular formula is C11H8ClNO3. The van der Waals surface area contributed by atoms with Crippen molar-refractivity contribution in [3.05, 3.63) is 35.0 Å². The molecule has 0 aliphatic carbocycles. The fourth-order valence-corrected chi connectivity index (χ4v) is 1.70. The van der Waals surface area contributed by atoms with Crippen LogP contribution in [0.25, 0.3) is 10.8 Å². The van der Waals surface area contributed by atoms with E-state index in [1.54, 1.807) is 18.2 Å². The molecule has 2 aromatic rings. The number of rotatable bonds is 2. The number of ether oxygens (including phenoxy) is 1. The van der Waals surface area contributed by atoms with Gasteiger partial charge in [-0.1, -0.05) is 17.7 Å². The van der Waals surface area contributed by atoms with E-state index in [1.807, 2.05) is 0 Å². The molecule has 0 unspecified atom stereocenters. The highest BCUT2D eigenvalue weighted by molar-refractivity contribution is 6.35. The van der Waals surface area contributed by atoms with Crippen LogP contribution < -0.4 is 4.74 Å². The van der Waals surface area contributed by atoms with E-state index in [4.69, 9.17) is 21.4 Å². The van der Waals surface area contributed by atoms with Crippen molar-refractivity contribution in [2.75, 3.05) is 7.11 Å². The van der Waals surface area contributed by atoms with Crippen LogP contribution in [0.15, 0.2) is 24.3 Å². The van der Waals surface area contributed by atoms with Crippen molar-refractivity contribution in [1.82, 2.24) is 4.98 Å². The molecule has 1 aromatic heterocycles. The lowest BCUT2D eigenvalue weighted by Crippen LogP contribution is -2.02. The molecule has 1 heterocycles. The predicted molar refractivity (Wildman–Crippen MR) is 60.3 cm³/mol. The number of aromatic nitrogens is 1. The van der Waals surface area contributed by atoms with E-state index in [0.29, 0.717) is 15.8 Å². The molecule has 4 nitrogen and oxygen atoms in total. The minimum absolute atomic E-state index is 0.0857. The fourth-order valence-electron chi connectivity index (χ4n) is 1.47. The largest absolute Gasteiger partial charge is 0.481 e. The Morgan fingerprint density at radius 3 is 2.81 bits per heavy atom. The van der Waals surface area contributed by atoms with Crippen molar-refractivity contribution in [3.63, 3.8) is 0 Å². The Morgan fingerprint density at radius 1 is 1.44 bits per heavy atom. The molecule has 0 radical (unpaired) electrons. The Kier molecular flexibility index (Phi) is 2.66. The summed E-state index contributed by atoms with van der Waals surface area (Å²) in [5.74, 6) is -0.850. The molecule has 82 valence electrons. The monoisotopic (exact) mass is 237 g/mol. The maximum absolute atomic E-state index is 10.9. The molecule has 0 aliphatic heterocycles. The Morgan fingerprint density at radius 2 is 2.19 bits per heavy atom. The number of hydrogen-bond donors (Lipinski definition) is 1. The average Bonchev–Trinajstić information content (AvgIpc) is 2.28. The number of carboxylic acids is 1. The molecule has 0 amide bonds. The van der Waals surface area contributed by atoms with Crippen LogP contribution in [-0.2, 0) is 0 Å². The molecular weight excluding hydrogens is 230 g/mol. The summed E-state index contributed by atoms with van der Waals surface area (Å²) in [6.45, 7) is 0. The van der Waals surface area contributed by atoms with E-state index in [1.165, 1.54) is 13.2 Å². The van der Waals surface area contributed by atoms with Gasteiger partial charge >= 0.3 is 5.97 Å². The fraction of sp³-hybridized carbons (Fsp3) is 0.0909. The van der Waals surface area contributed by atoms with Gasteiger partial charge in [0.1, 0.15) is 0 Å². The standard InChI is InChI=1S/C11H8ClNO3/c1-16-10-6-3-2-4-8(12)7(6)5-9(13-10)11(14)15/h2-5H,1H3,(H,14,15). The zero-order valence-electron chi connectivity index (χ0n) is 8.40. The van der Waals surface area contributed by atoms with Crippen LogP contribution in [0.2, 0.25) is 5.02 Å². The molecule has 16 heavy (non-hydrogen) atoms. The first-order valence-corrected chi connectivity index (χ1v) is 4.88. The van der Waals surface area contributed by atoms with Gasteiger partial charge in [-0.15, -0.1) is 0 Å². The number of aromatic carboxylic acids is 1. The van der Waals surface area contributed by atoms with E-state index >= 15 is 0 Å². The van der Waals surface area contributed by atoms with E-state index in [-0.39, 0.29) is 11.6 Å². The second kappa shape index (κ2) is 3.98. The van der Waals surface area contributed by atoms with Gasteiger partial charge in [0.2, 0.25) is 5.88 Å². The summed E-state index contributed by atoms with van der Waals surface area (Å²) < 4.78 is 5.04. The zero-order valence-corrected chi connectivity index (χ0v) is 9.15. The summed E-state index contributed by atoms with van der Waals surface area (Å²) in [4.78, 5) is 14.7. The topological polar surface area (TPSA) is 59.4 Å². The molecule has 2 rings (SSSR count). The Balaban J connectivity index is 2.84. The van der Waals surface area contributed by atoms with Gasteiger partial charge in [0.15, 0.2) is 5.69 Å². The van der Waals surface area contributed by atoms with Crippen molar-refractivity contribution >= 4 is 28.3 Å². The number of halogens is 1. The zero-order chi connectivity index (χ0) is 11.7. The van der Waals surface area contributed by atoms with Crippen molar-refractivity contribution in [3.8, 4) is 5.88 Å². The van der Waals surface area contributed by atoms with E-state index in [9.17, 15) is 4.79 Å². The number of fused-ring (bicyclic) bond motifs is 1. The van der Waals surface area contributed by atoms with Gasteiger partial charge in [-0.2, -0.15) is 0 Å². The summed E-state index contributed by atoms with van der Waals surface area (Å²) in [6, 6.07) is 6.66. The minimum atomic E-state index is -1.11. The van der Waals surface area contributed by atoms with Gasteiger partial charge in [0.05, 0.1) is 7.11 Å². The Labute approximate surface area is 96.4 Å². The van der Waals surface area contributed by atoms with Crippen LogP contribution in [-0.4, -0.2) is 23.2 Å². The molecule has 0 fully saturated rings. The molecule has 0 saturated carbocycles. The first-order chi connectivity index (χ1) is 7.63. The highest BCUT2D eigenvalue weighted by Gasteiger charge is 2.12. The van der Waals surface area contributed by atoms with Gasteiger partial charge < -0.3 is 9.84 Å². The number of hydrogen-bond acceptors (Lipinski definition) is 3. The second-order valence-corrected chi connectivity index (χ2v) is 3.56. The van der Waals surface area contributed by atoms with Crippen molar-refractivity contribution in [1.29, 1.82) is 0 Å². The molecule has 0 spiro atoms. The van der Waals surface area contributed by atoms with Crippen LogP contribution in [0, 0.1) is 0 Å². The van der Waals surface area contributed by atoms with Gasteiger partial charge in [0, 0.05) is 15.8 Å². The number of carbonyl (C=O) groups is 1. The molecule has 1 N–H and O–H groups in total. The highest BCUT2D eigenvalue weighted by Crippen LogP contribution is 2.29. The van der Waals surface area contributed by atoms with E-state index < -0.39 is 5.97 Å². The van der Waals surface area contributed by atoms with Crippen LogP contribution in [0.3, 0.4) is 0 Å². The Bertz CT molecular complexity index is 568. The number of nitrogens with zero attached hydrogens (tertiary/aromatic N) is 1. The quantitative estimate of drug-likeness (QED) is 0.872. The van der Waals surface area contributed by atoms with Gasteiger partial charge in [-0.05, 0) is 18.2 Å². The number of pyridine rings is 1. The third kappa shape index (κ3) is 1.67. The Hall–Kier alpha value is -1.81. The molecule has 5 heteroatoms. The van der Waals surface area contributed by atoms with Crippen LogP contribution >= 0.6 is 11.6 Å². The van der Waals surface area contributed by atoms with Crippen molar-refractivity contribution < 1.29 is 14.6 Å². The van der Waals surface area contributed by atoms with Gasteiger partial charge in [0.25, 0.3) is 0 Å². The van der Waals surface area contributed by atoms with E-state index in [2.05, 4.69) is 4.98 Å². The van der Waals surface area contributed by atoms with Crippen molar-refractivity contribution in [2.45, 2.75) is 0 Å². The first-order valence-electron chi connectivity index (χ1n) is 4.50. The third-order valence-corrected chi connectivity index (χ3v) is 2.53. The minimum Gasteiger partial charge on any atom is -0.481 e. The van der Waals surface area contributed by atoms with Crippen LogP contribution in [0.4, 0.5) is 0 Å². The lowest BCUT2D eigenvalue weighted by Gasteiger charge is -2.06. The number of carboxylic acid groups (broad SMARTS) is 1. The number of methoxy groups -OCH3 is 1. The lowest BCUT2D eigenvalue weighted by atomic mass is 10.1. The van der Waals surface area contributed by atoms with Crippen LogP contribution in [0.5, 0.6) is 5.88 Å². The smallest absolute Gasteiger partial charge is 0.354 e. The summed E-state index contributed by atoms with van der Waals surface area (Å²) in [6.07, 6.45) is 0. The highest BCUT2D eigenvalue weighted by atomic mass is 35.5. The number of benzene rings is 1. The third-order valence-electron chi connectivity index (χ3n) is 2.20. The average molecular weight is 238 g/mol.